The number of amides is 1. The number of carbonyl (C=O) groups excluding carboxylic acids is 1. The summed E-state index contributed by atoms with van der Waals surface area (Å²) in [6.07, 6.45) is 1.53. The van der Waals surface area contributed by atoms with Gasteiger partial charge in [0.1, 0.15) is 11.6 Å². The summed E-state index contributed by atoms with van der Waals surface area (Å²) >= 11 is 0. The topological polar surface area (TPSA) is 71.3 Å². The number of rotatable bonds is 3. The first-order valence-corrected chi connectivity index (χ1v) is 8.04. The zero-order valence-electron chi connectivity index (χ0n) is 13.7. The Balaban J connectivity index is 1.57. The van der Waals surface area contributed by atoms with Crippen LogP contribution in [0.25, 0.3) is 16.8 Å². The Hall–Kier alpha value is -3.78. The molecule has 5 heteroatoms. The summed E-state index contributed by atoms with van der Waals surface area (Å²) in [5.74, 6) is 0.799. The van der Waals surface area contributed by atoms with Crippen LogP contribution in [0.4, 0.5) is 5.69 Å². The second-order valence-electron chi connectivity index (χ2n) is 5.80. The second-order valence-corrected chi connectivity index (χ2v) is 5.80. The van der Waals surface area contributed by atoms with Crippen molar-refractivity contribution in [2.45, 2.75) is 0 Å². The van der Waals surface area contributed by atoms with Crippen LogP contribution in [0.5, 0.6) is 11.5 Å². The average molecular weight is 342 g/mol. The number of anilines is 1. The zero-order valence-corrected chi connectivity index (χ0v) is 13.7. The van der Waals surface area contributed by atoms with Gasteiger partial charge >= 0.3 is 0 Å². The molecule has 26 heavy (non-hydrogen) atoms. The van der Waals surface area contributed by atoms with Crippen LogP contribution in [0, 0.1) is 11.3 Å². The van der Waals surface area contributed by atoms with Gasteiger partial charge in [0.15, 0.2) is 11.5 Å². The molecule has 0 fully saturated rings. The molecule has 5 nitrogen and oxygen atoms in total. The molecule has 1 amide bonds. The number of nitrogens with one attached hydrogen (secondary N) is 1. The van der Waals surface area contributed by atoms with Crippen molar-refractivity contribution < 1.29 is 14.3 Å². The predicted octanol–water partition coefficient (Wildman–Crippen LogP) is 4.11. The van der Waals surface area contributed by atoms with Crippen molar-refractivity contribution in [2.75, 3.05) is 12.1 Å². The van der Waals surface area contributed by atoms with Gasteiger partial charge in [-0.1, -0.05) is 36.4 Å². The van der Waals surface area contributed by atoms with E-state index in [4.69, 9.17) is 9.47 Å². The highest BCUT2D eigenvalue weighted by atomic mass is 16.7. The van der Waals surface area contributed by atoms with Gasteiger partial charge < -0.3 is 14.8 Å². The lowest BCUT2D eigenvalue weighted by Gasteiger charge is -2.06. The van der Waals surface area contributed by atoms with Gasteiger partial charge in [-0.2, -0.15) is 5.26 Å². The lowest BCUT2D eigenvalue weighted by atomic mass is 10.1. The van der Waals surface area contributed by atoms with Gasteiger partial charge in [-0.15, -0.1) is 0 Å². The van der Waals surface area contributed by atoms with E-state index < -0.39 is 5.91 Å². The van der Waals surface area contributed by atoms with E-state index in [1.54, 1.807) is 18.2 Å². The molecule has 1 aliphatic heterocycles. The normalized spacial score (nSPS) is 12.7. The van der Waals surface area contributed by atoms with Crippen LogP contribution in [0.15, 0.2) is 66.2 Å². The van der Waals surface area contributed by atoms with Crippen LogP contribution in [-0.4, -0.2) is 12.7 Å². The maximum atomic E-state index is 12.5. The molecule has 0 atom stereocenters. The summed E-state index contributed by atoms with van der Waals surface area (Å²) in [6, 6.07) is 20.7. The molecule has 126 valence electrons. The van der Waals surface area contributed by atoms with Crippen molar-refractivity contribution in [3.05, 3.63) is 71.8 Å². The summed E-state index contributed by atoms with van der Waals surface area (Å²) in [4.78, 5) is 12.5. The SMILES string of the molecule is N#CC(=Cc1ccc2c(c1)OCO2)C(=O)Nc1ccc2ccccc2c1. The van der Waals surface area contributed by atoms with Crippen molar-refractivity contribution in [1.29, 1.82) is 5.26 Å². The van der Waals surface area contributed by atoms with Crippen molar-refractivity contribution in [1.82, 2.24) is 0 Å². The lowest BCUT2D eigenvalue weighted by Crippen LogP contribution is -2.13. The Bertz CT molecular complexity index is 1080. The Labute approximate surface area is 150 Å². The number of fused-ring (bicyclic) bond motifs is 2. The minimum Gasteiger partial charge on any atom is -0.454 e. The third-order valence-corrected chi connectivity index (χ3v) is 4.08. The first-order valence-electron chi connectivity index (χ1n) is 8.04. The molecule has 0 bridgehead atoms. The van der Waals surface area contributed by atoms with Crippen LogP contribution in [-0.2, 0) is 4.79 Å². The van der Waals surface area contributed by atoms with Crippen LogP contribution in [0.3, 0.4) is 0 Å². The van der Waals surface area contributed by atoms with Gasteiger partial charge in [-0.05, 0) is 46.7 Å². The Morgan fingerprint density at radius 3 is 2.65 bits per heavy atom. The summed E-state index contributed by atoms with van der Waals surface area (Å²) in [5.41, 5.74) is 1.34. The maximum Gasteiger partial charge on any atom is 0.266 e. The van der Waals surface area contributed by atoms with E-state index in [-0.39, 0.29) is 12.4 Å². The molecule has 0 unspecified atom stereocenters. The Kier molecular flexibility index (Phi) is 4.00. The molecule has 1 aliphatic rings. The maximum absolute atomic E-state index is 12.5. The summed E-state index contributed by atoms with van der Waals surface area (Å²) < 4.78 is 10.6. The second kappa shape index (κ2) is 6.61. The highest BCUT2D eigenvalue weighted by Crippen LogP contribution is 2.33. The number of ether oxygens (including phenoxy) is 2. The van der Waals surface area contributed by atoms with E-state index in [1.165, 1.54) is 6.08 Å². The zero-order chi connectivity index (χ0) is 17.9. The van der Waals surface area contributed by atoms with Crippen molar-refractivity contribution in [3.8, 4) is 17.6 Å². The van der Waals surface area contributed by atoms with Gasteiger partial charge in [0.25, 0.3) is 5.91 Å². The molecule has 0 spiro atoms. The van der Waals surface area contributed by atoms with E-state index in [0.29, 0.717) is 22.7 Å². The number of hydrogen-bond donors (Lipinski definition) is 1. The fourth-order valence-electron chi connectivity index (χ4n) is 2.78. The molecule has 0 aliphatic carbocycles. The Morgan fingerprint density at radius 1 is 1.00 bits per heavy atom. The first kappa shape index (κ1) is 15.7. The van der Waals surface area contributed by atoms with Gasteiger partial charge in [-0.3, -0.25) is 4.79 Å². The molecule has 0 radical (unpaired) electrons. The van der Waals surface area contributed by atoms with Gasteiger partial charge in [0.05, 0.1) is 0 Å². The smallest absolute Gasteiger partial charge is 0.266 e. The molecule has 3 aromatic carbocycles. The highest BCUT2D eigenvalue weighted by molar-refractivity contribution is 6.10. The van der Waals surface area contributed by atoms with Crippen molar-refractivity contribution in [2.24, 2.45) is 0 Å². The minimum atomic E-state index is -0.458. The monoisotopic (exact) mass is 342 g/mol. The molecule has 0 saturated heterocycles. The number of nitriles is 1. The molecular formula is C21H14N2O3. The third kappa shape index (κ3) is 3.08. The lowest BCUT2D eigenvalue weighted by molar-refractivity contribution is -0.112. The standard InChI is InChI=1S/C21H14N2O3/c22-12-17(9-14-5-8-19-20(10-14)26-13-25-19)21(24)23-18-7-6-15-3-1-2-4-16(15)11-18/h1-11H,13H2,(H,23,24). The third-order valence-electron chi connectivity index (χ3n) is 4.08. The van der Waals surface area contributed by atoms with Crippen LogP contribution in [0.1, 0.15) is 5.56 Å². The van der Waals surface area contributed by atoms with E-state index >= 15 is 0 Å². The van der Waals surface area contributed by atoms with Gasteiger partial charge in [0, 0.05) is 5.69 Å². The van der Waals surface area contributed by atoms with Crippen molar-refractivity contribution >= 4 is 28.4 Å². The van der Waals surface area contributed by atoms with Gasteiger partial charge in [-0.25, -0.2) is 0 Å². The summed E-state index contributed by atoms with van der Waals surface area (Å²) in [7, 11) is 0. The van der Waals surface area contributed by atoms with E-state index in [2.05, 4.69) is 5.32 Å². The van der Waals surface area contributed by atoms with Crippen LogP contribution < -0.4 is 14.8 Å². The van der Waals surface area contributed by atoms with Gasteiger partial charge in [0.2, 0.25) is 6.79 Å². The quantitative estimate of drug-likeness (QED) is 0.574. The average Bonchev–Trinajstić information content (AvgIpc) is 3.13. The molecule has 1 heterocycles. The fraction of sp³-hybridized carbons (Fsp3) is 0.0476. The number of hydrogen-bond acceptors (Lipinski definition) is 4. The number of nitrogens with zero attached hydrogens (tertiary/aromatic N) is 1. The largest absolute Gasteiger partial charge is 0.454 e. The predicted molar refractivity (Wildman–Crippen MR) is 98.7 cm³/mol. The van der Waals surface area contributed by atoms with E-state index in [0.717, 1.165) is 10.8 Å². The Morgan fingerprint density at radius 2 is 1.81 bits per heavy atom. The van der Waals surface area contributed by atoms with E-state index in [1.807, 2.05) is 48.5 Å². The van der Waals surface area contributed by atoms with Crippen LogP contribution in [0.2, 0.25) is 0 Å². The molecule has 0 saturated carbocycles. The molecular weight excluding hydrogens is 328 g/mol. The summed E-state index contributed by atoms with van der Waals surface area (Å²) in [6.45, 7) is 0.177. The van der Waals surface area contributed by atoms with Crippen LogP contribution >= 0.6 is 0 Å². The minimum absolute atomic E-state index is 0.0111. The number of benzene rings is 3. The van der Waals surface area contributed by atoms with E-state index in [9.17, 15) is 10.1 Å². The van der Waals surface area contributed by atoms with Crippen molar-refractivity contribution in [3.63, 3.8) is 0 Å². The first-order chi connectivity index (χ1) is 12.7. The number of carbonyl (C=O) groups is 1. The highest BCUT2D eigenvalue weighted by Gasteiger charge is 2.14. The fourth-order valence-corrected chi connectivity index (χ4v) is 2.78. The molecule has 0 aromatic heterocycles. The molecule has 3 aromatic rings. The molecule has 1 N–H and O–H groups in total. The summed E-state index contributed by atoms with van der Waals surface area (Å²) in [5, 5.41) is 14.2. The molecule has 4 rings (SSSR count).